The van der Waals surface area contributed by atoms with Gasteiger partial charge in [-0.05, 0) is 6.07 Å². The molecule has 0 amide bonds. The molecule has 0 atom stereocenters. The van der Waals surface area contributed by atoms with Gasteiger partial charge in [-0.25, -0.2) is 4.98 Å². The van der Waals surface area contributed by atoms with Gasteiger partial charge in [-0.3, -0.25) is 14.6 Å². The van der Waals surface area contributed by atoms with Crippen LogP contribution in [0.3, 0.4) is 0 Å². The quantitative estimate of drug-likeness (QED) is 0.357. The summed E-state index contributed by atoms with van der Waals surface area (Å²) in [7, 11) is 0. The molecular formula is C6H2MgN2O2. The summed E-state index contributed by atoms with van der Waals surface area (Å²) in [5.74, 6) is 0. The van der Waals surface area contributed by atoms with Crippen LogP contribution in [-0.2, 0) is 0 Å². The third kappa shape index (κ3) is 1.06. The van der Waals surface area contributed by atoms with Crippen LogP contribution in [0.1, 0.15) is 0 Å². The first kappa shape index (κ1) is 8.28. The Morgan fingerprint density at radius 1 is 1.27 bits per heavy atom. The van der Waals surface area contributed by atoms with Crippen molar-refractivity contribution < 1.29 is 0 Å². The lowest BCUT2D eigenvalue weighted by molar-refractivity contribution is 1.30. The standard InChI is InChI=1S/C6H2N2O2.Mg/c9-5-4-3(1-2-7-4)8-6(5)10;/h1-2H;. The van der Waals surface area contributed by atoms with Crippen molar-refractivity contribution in [3.05, 3.63) is 32.8 Å². The Morgan fingerprint density at radius 3 is 2.64 bits per heavy atom. The lowest BCUT2D eigenvalue weighted by Crippen LogP contribution is -2.19. The van der Waals surface area contributed by atoms with Gasteiger partial charge in [0.15, 0.2) is 0 Å². The van der Waals surface area contributed by atoms with Gasteiger partial charge in [0, 0.05) is 29.2 Å². The molecule has 0 saturated carbocycles. The summed E-state index contributed by atoms with van der Waals surface area (Å²) >= 11 is 0. The van der Waals surface area contributed by atoms with E-state index in [0.717, 1.165) is 0 Å². The molecule has 0 aliphatic carbocycles. The van der Waals surface area contributed by atoms with Crippen LogP contribution in [0.4, 0.5) is 0 Å². The Balaban J connectivity index is 0.000000605. The Kier molecular flexibility index (Phi) is 2.01. The van der Waals surface area contributed by atoms with Gasteiger partial charge >= 0.3 is 5.56 Å². The van der Waals surface area contributed by atoms with Crippen molar-refractivity contribution in [2.45, 2.75) is 0 Å². The molecule has 0 unspecified atom stereocenters. The van der Waals surface area contributed by atoms with Crippen molar-refractivity contribution in [3.63, 3.8) is 0 Å². The second-order valence-electron chi connectivity index (χ2n) is 1.92. The predicted molar refractivity (Wildman–Crippen MR) is 39.3 cm³/mol. The number of hydrogen-bond donors (Lipinski definition) is 0. The zero-order chi connectivity index (χ0) is 7.14. The second kappa shape index (κ2) is 2.67. The maximum Gasteiger partial charge on any atom is 0.320 e. The number of nitrogens with zero attached hydrogens (tertiary/aromatic N) is 2. The molecule has 5 heteroatoms. The summed E-state index contributed by atoms with van der Waals surface area (Å²) in [6.45, 7) is 0. The lowest BCUT2D eigenvalue weighted by atomic mass is 10.4. The molecule has 2 radical (unpaired) electrons. The number of aromatic nitrogens is 2. The normalized spacial score (nSPS) is 9.82. The Labute approximate surface area is 77.5 Å². The monoisotopic (exact) mass is 158 g/mol. The van der Waals surface area contributed by atoms with E-state index < -0.39 is 11.0 Å². The fourth-order valence-corrected chi connectivity index (χ4v) is 0.854. The van der Waals surface area contributed by atoms with E-state index in [1.54, 1.807) is 0 Å². The third-order valence-corrected chi connectivity index (χ3v) is 1.31. The molecule has 0 bridgehead atoms. The fraction of sp³-hybridized carbons (Fsp3) is 0. The molecule has 2 rings (SSSR count). The minimum absolute atomic E-state index is 0. The summed E-state index contributed by atoms with van der Waals surface area (Å²) in [6.07, 6.45) is 1.46. The molecule has 2 aliphatic rings. The summed E-state index contributed by atoms with van der Waals surface area (Å²) in [5.41, 5.74) is -0.724. The van der Waals surface area contributed by atoms with Crippen LogP contribution in [0.15, 0.2) is 21.9 Å². The maximum absolute atomic E-state index is 10.8. The first-order chi connectivity index (χ1) is 4.79. The molecule has 0 N–H and O–H groups in total. The van der Waals surface area contributed by atoms with Crippen LogP contribution < -0.4 is 11.0 Å². The molecule has 0 saturated heterocycles. The molecule has 0 aromatic carbocycles. The largest absolute Gasteiger partial charge is 0.320 e. The summed E-state index contributed by atoms with van der Waals surface area (Å²) in [5, 5.41) is 0. The Morgan fingerprint density at radius 2 is 2.00 bits per heavy atom. The molecule has 0 aromatic heterocycles. The third-order valence-electron chi connectivity index (χ3n) is 1.31. The van der Waals surface area contributed by atoms with Gasteiger partial charge in [0.05, 0.1) is 5.69 Å². The van der Waals surface area contributed by atoms with E-state index in [-0.39, 0.29) is 28.7 Å². The molecule has 11 heavy (non-hydrogen) atoms. The fourth-order valence-electron chi connectivity index (χ4n) is 0.854. The smallest absolute Gasteiger partial charge is 0.281 e. The highest BCUT2D eigenvalue weighted by Crippen LogP contribution is 2.08. The van der Waals surface area contributed by atoms with Crippen molar-refractivity contribution in [3.8, 4) is 11.4 Å². The molecule has 0 fully saturated rings. The van der Waals surface area contributed by atoms with Gasteiger partial charge in [-0.15, -0.1) is 0 Å². The highest BCUT2D eigenvalue weighted by molar-refractivity contribution is 5.75. The van der Waals surface area contributed by atoms with E-state index in [1.807, 2.05) is 0 Å². The Bertz CT molecular complexity index is 419. The van der Waals surface area contributed by atoms with Crippen molar-refractivity contribution in [2.24, 2.45) is 0 Å². The van der Waals surface area contributed by atoms with E-state index in [1.165, 1.54) is 12.3 Å². The summed E-state index contributed by atoms with van der Waals surface area (Å²) in [6, 6.07) is 1.54. The van der Waals surface area contributed by atoms with E-state index in [9.17, 15) is 9.59 Å². The van der Waals surface area contributed by atoms with Crippen LogP contribution >= 0.6 is 0 Å². The first-order valence-corrected chi connectivity index (χ1v) is 2.71. The molecule has 2 aliphatic heterocycles. The molecule has 2 heterocycles. The topological polar surface area (TPSA) is 59.9 Å². The first-order valence-electron chi connectivity index (χ1n) is 2.71. The van der Waals surface area contributed by atoms with Gasteiger partial charge in [-0.1, -0.05) is 0 Å². The second-order valence-corrected chi connectivity index (χ2v) is 1.92. The molecule has 4 nitrogen and oxygen atoms in total. The van der Waals surface area contributed by atoms with E-state index in [0.29, 0.717) is 5.69 Å². The van der Waals surface area contributed by atoms with Crippen LogP contribution in [0, 0.1) is 0 Å². The molecule has 0 spiro atoms. The minimum atomic E-state index is -0.710. The van der Waals surface area contributed by atoms with Crippen molar-refractivity contribution in [1.29, 1.82) is 0 Å². The van der Waals surface area contributed by atoms with Crippen LogP contribution in [0.5, 0.6) is 0 Å². The van der Waals surface area contributed by atoms with Crippen LogP contribution in [-0.4, -0.2) is 33.0 Å². The Hall–Kier alpha value is -0.814. The van der Waals surface area contributed by atoms with Crippen molar-refractivity contribution in [1.82, 2.24) is 9.97 Å². The summed E-state index contributed by atoms with van der Waals surface area (Å²) < 4.78 is 0. The SMILES string of the molecule is O=c1nc2ccnc-2c1=O.[Mg]. The van der Waals surface area contributed by atoms with Crippen LogP contribution in [0.25, 0.3) is 11.4 Å². The van der Waals surface area contributed by atoms with Crippen molar-refractivity contribution in [2.75, 3.05) is 0 Å². The number of fused-ring (bicyclic) bond motifs is 1. The predicted octanol–water partition coefficient (Wildman–Crippen LogP) is -1.20. The van der Waals surface area contributed by atoms with E-state index in [4.69, 9.17) is 0 Å². The zero-order valence-electron chi connectivity index (χ0n) is 5.57. The average molecular weight is 158 g/mol. The maximum atomic E-state index is 10.8. The summed E-state index contributed by atoms with van der Waals surface area (Å²) in [4.78, 5) is 28.4. The molecule has 50 valence electrons. The van der Waals surface area contributed by atoms with Gasteiger partial charge in [0.1, 0.15) is 5.69 Å². The lowest BCUT2D eigenvalue weighted by Gasteiger charge is -1.72. The molecule has 0 aromatic rings. The van der Waals surface area contributed by atoms with Gasteiger partial charge in [0.2, 0.25) is 0 Å². The van der Waals surface area contributed by atoms with E-state index >= 15 is 0 Å². The number of rotatable bonds is 0. The zero-order valence-corrected chi connectivity index (χ0v) is 6.99. The van der Waals surface area contributed by atoms with E-state index in [2.05, 4.69) is 9.97 Å². The van der Waals surface area contributed by atoms with Gasteiger partial charge in [0.25, 0.3) is 5.43 Å². The highest BCUT2D eigenvalue weighted by atomic mass is 24.3. The van der Waals surface area contributed by atoms with Crippen LogP contribution in [0.2, 0.25) is 0 Å². The van der Waals surface area contributed by atoms with Gasteiger partial charge < -0.3 is 0 Å². The average Bonchev–Trinajstić information content (AvgIpc) is 2.41. The highest BCUT2D eigenvalue weighted by Gasteiger charge is 2.14. The minimum Gasteiger partial charge on any atom is -0.281 e. The van der Waals surface area contributed by atoms with Gasteiger partial charge in [-0.2, -0.15) is 0 Å². The molecular weight excluding hydrogens is 156 g/mol. The van der Waals surface area contributed by atoms with Crippen molar-refractivity contribution >= 4 is 23.1 Å². The number of hydrogen-bond acceptors (Lipinski definition) is 4.